The molecule has 3 unspecified atom stereocenters. The number of benzene rings is 1. The molecule has 0 aromatic heterocycles. The van der Waals surface area contributed by atoms with Gasteiger partial charge in [0.25, 0.3) is 0 Å². The molecule has 3 heteroatoms. The minimum absolute atomic E-state index is 0.112. The Bertz CT molecular complexity index is 355. The summed E-state index contributed by atoms with van der Waals surface area (Å²) in [6, 6.07) is 11.0. The Hall–Kier alpha value is -0.900. The van der Waals surface area contributed by atoms with Crippen molar-refractivity contribution < 1.29 is 4.74 Å². The van der Waals surface area contributed by atoms with E-state index in [0.29, 0.717) is 12.0 Å². The van der Waals surface area contributed by atoms with Gasteiger partial charge >= 0.3 is 0 Å². The van der Waals surface area contributed by atoms with E-state index in [1.54, 1.807) is 0 Å². The molecule has 1 saturated heterocycles. The summed E-state index contributed by atoms with van der Waals surface area (Å²) < 4.78 is 5.47. The molecular weight excluding hydrogens is 224 g/mol. The van der Waals surface area contributed by atoms with Crippen LogP contribution >= 0.6 is 0 Å². The van der Waals surface area contributed by atoms with E-state index >= 15 is 0 Å². The van der Waals surface area contributed by atoms with Gasteiger partial charge in [0.15, 0.2) is 0 Å². The molecule has 2 N–H and O–H groups in total. The summed E-state index contributed by atoms with van der Waals surface area (Å²) in [5, 5.41) is 0. The fourth-order valence-electron chi connectivity index (χ4n) is 2.52. The van der Waals surface area contributed by atoms with E-state index in [9.17, 15) is 0 Å². The maximum absolute atomic E-state index is 6.34. The Kier molecular flexibility index (Phi) is 4.75. The summed E-state index contributed by atoms with van der Waals surface area (Å²) in [5.74, 6) is 0.452. The van der Waals surface area contributed by atoms with E-state index < -0.39 is 0 Å². The van der Waals surface area contributed by atoms with Crippen molar-refractivity contribution in [2.24, 2.45) is 11.7 Å². The molecule has 1 aromatic carbocycles. The smallest absolute Gasteiger partial charge is 0.0619 e. The lowest BCUT2D eigenvalue weighted by Crippen LogP contribution is -2.46. The fourth-order valence-corrected chi connectivity index (χ4v) is 2.52. The molecule has 0 bridgehead atoms. The Morgan fingerprint density at radius 2 is 2.11 bits per heavy atom. The van der Waals surface area contributed by atoms with Gasteiger partial charge in [-0.3, -0.25) is 4.90 Å². The second-order valence-electron chi connectivity index (χ2n) is 5.33. The van der Waals surface area contributed by atoms with Crippen LogP contribution < -0.4 is 5.73 Å². The molecule has 1 aliphatic heterocycles. The average Bonchev–Trinajstić information content (AvgIpc) is 2.41. The lowest BCUT2D eigenvalue weighted by Gasteiger charge is -2.36. The van der Waals surface area contributed by atoms with Gasteiger partial charge in [0.05, 0.1) is 13.2 Å². The third-order valence-corrected chi connectivity index (χ3v) is 3.83. The van der Waals surface area contributed by atoms with Crippen LogP contribution in [0, 0.1) is 5.92 Å². The van der Waals surface area contributed by atoms with Crippen molar-refractivity contribution in [2.75, 3.05) is 26.3 Å². The molecule has 3 atom stereocenters. The van der Waals surface area contributed by atoms with Crippen molar-refractivity contribution in [3.8, 4) is 0 Å². The van der Waals surface area contributed by atoms with Crippen LogP contribution in [0.1, 0.15) is 25.5 Å². The van der Waals surface area contributed by atoms with Gasteiger partial charge in [-0.1, -0.05) is 37.3 Å². The highest BCUT2D eigenvalue weighted by atomic mass is 16.5. The van der Waals surface area contributed by atoms with Crippen LogP contribution in [0.4, 0.5) is 0 Å². The molecule has 18 heavy (non-hydrogen) atoms. The van der Waals surface area contributed by atoms with E-state index in [1.807, 2.05) is 6.07 Å². The van der Waals surface area contributed by atoms with Crippen LogP contribution in [0.5, 0.6) is 0 Å². The molecule has 3 nitrogen and oxygen atoms in total. The van der Waals surface area contributed by atoms with E-state index in [-0.39, 0.29) is 6.04 Å². The van der Waals surface area contributed by atoms with Crippen molar-refractivity contribution in [1.29, 1.82) is 0 Å². The van der Waals surface area contributed by atoms with Gasteiger partial charge in [-0.2, -0.15) is 0 Å². The van der Waals surface area contributed by atoms with Crippen molar-refractivity contribution >= 4 is 0 Å². The number of hydrogen-bond acceptors (Lipinski definition) is 3. The topological polar surface area (TPSA) is 38.5 Å². The molecule has 0 aliphatic carbocycles. The van der Waals surface area contributed by atoms with Crippen LogP contribution in [0.2, 0.25) is 0 Å². The predicted molar refractivity (Wildman–Crippen MR) is 74.4 cm³/mol. The summed E-state index contributed by atoms with van der Waals surface area (Å²) >= 11 is 0. The first kappa shape index (κ1) is 13.5. The van der Waals surface area contributed by atoms with E-state index in [1.165, 1.54) is 5.56 Å². The molecule has 2 rings (SSSR count). The van der Waals surface area contributed by atoms with Gasteiger partial charge in [0.1, 0.15) is 0 Å². The van der Waals surface area contributed by atoms with Crippen molar-refractivity contribution in [1.82, 2.24) is 4.90 Å². The molecule has 0 amide bonds. The summed E-state index contributed by atoms with van der Waals surface area (Å²) in [6.45, 7) is 8.21. The number of morpholine rings is 1. The summed E-state index contributed by atoms with van der Waals surface area (Å²) in [6.07, 6.45) is 0. The number of hydrogen-bond donors (Lipinski definition) is 1. The molecule has 1 fully saturated rings. The lowest BCUT2D eigenvalue weighted by atomic mass is 9.94. The lowest BCUT2D eigenvalue weighted by molar-refractivity contribution is -0.00770. The van der Waals surface area contributed by atoms with E-state index in [4.69, 9.17) is 10.5 Å². The van der Waals surface area contributed by atoms with E-state index in [2.05, 4.69) is 43.0 Å². The first-order chi connectivity index (χ1) is 8.68. The summed E-state index contributed by atoms with van der Waals surface area (Å²) in [5.41, 5.74) is 7.57. The van der Waals surface area contributed by atoms with Crippen LogP contribution in [0.15, 0.2) is 30.3 Å². The van der Waals surface area contributed by atoms with Crippen molar-refractivity contribution in [2.45, 2.75) is 25.9 Å². The van der Waals surface area contributed by atoms with E-state index in [0.717, 1.165) is 26.3 Å². The largest absolute Gasteiger partial charge is 0.379 e. The molecule has 1 aromatic rings. The monoisotopic (exact) mass is 248 g/mol. The molecule has 100 valence electrons. The van der Waals surface area contributed by atoms with Crippen molar-refractivity contribution in [3.63, 3.8) is 0 Å². The number of nitrogens with zero attached hydrogens (tertiary/aromatic N) is 1. The van der Waals surface area contributed by atoms with Gasteiger partial charge < -0.3 is 10.5 Å². The fraction of sp³-hybridized carbons (Fsp3) is 0.600. The second-order valence-corrected chi connectivity index (χ2v) is 5.33. The Labute approximate surface area is 110 Å². The maximum Gasteiger partial charge on any atom is 0.0619 e. The molecular formula is C15H24N2O. The van der Waals surface area contributed by atoms with Crippen LogP contribution in [0.3, 0.4) is 0 Å². The minimum atomic E-state index is 0.112. The standard InChI is InChI=1S/C15H24N2O/c1-12(10-17-8-9-18-11-13(17)2)15(16)14-6-4-3-5-7-14/h3-7,12-13,15H,8-11,16H2,1-2H3. The minimum Gasteiger partial charge on any atom is -0.379 e. The predicted octanol–water partition coefficient (Wildman–Crippen LogP) is 2.04. The van der Waals surface area contributed by atoms with Crippen LogP contribution in [-0.2, 0) is 4.74 Å². The zero-order chi connectivity index (χ0) is 13.0. The number of nitrogens with two attached hydrogens (primary N) is 1. The number of rotatable bonds is 4. The molecule has 1 aliphatic rings. The zero-order valence-corrected chi connectivity index (χ0v) is 11.4. The highest BCUT2D eigenvalue weighted by Gasteiger charge is 2.23. The van der Waals surface area contributed by atoms with Gasteiger partial charge in [0.2, 0.25) is 0 Å². The first-order valence-corrected chi connectivity index (χ1v) is 6.81. The summed E-state index contributed by atoms with van der Waals surface area (Å²) in [4.78, 5) is 2.48. The number of ether oxygens (including phenoxy) is 1. The maximum atomic E-state index is 6.34. The highest BCUT2D eigenvalue weighted by molar-refractivity contribution is 5.19. The van der Waals surface area contributed by atoms with Gasteiger partial charge in [-0.15, -0.1) is 0 Å². The van der Waals surface area contributed by atoms with Gasteiger partial charge in [-0.05, 0) is 18.4 Å². The summed E-state index contributed by atoms with van der Waals surface area (Å²) in [7, 11) is 0. The highest BCUT2D eigenvalue weighted by Crippen LogP contribution is 2.21. The molecule has 0 radical (unpaired) electrons. The molecule has 1 heterocycles. The Balaban J connectivity index is 1.93. The first-order valence-electron chi connectivity index (χ1n) is 6.81. The Morgan fingerprint density at radius 1 is 1.39 bits per heavy atom. The SMILES string of the molecule is CC(CN1CCOCC1C)C(N)c1ccccc1. The van der Waals surface area contributed by atoms with Crippen LogP contribution in [0.25, 0.3) is 0 Å². The third kappa shape index (κ3) is 3.31. The normalized spacial score (nSPS) is 24.7. The Morgan fingerprint density at radius 3 is 2.78 bits per heavy atom. The third-order valence-electron chi connectivity index (χ3n) is 3.83. The average molecular weight is 248 g/mol. The molecule has 0 spiro atoms. The van der Waals surface area contributed by atoms with Gasteiger partial charge in [0, 0.05) is 25.2 Å². The van der Waals surface area contributed by atoms with Crippen molar-refractivity contribution in [3.05, 3.63) is 35.9 Å². The quantitative estimate of drug-likeness (QED) is 0.886. The zero-order valence-electron chi connectivity index (χ0n) is 11.4. The van der Waals surface area contributed by atoms with Gasteiger partial charge in [-0.25, -0.2) is 0 Å². The molecule has 0 saturated carbocycles. The second kappa shape index (κ2) is 6.32. The van der Waals surface area contributed by atoms with Crippen LogP contribution in [-0.4, -0.2) is 37.2 Å².